The van der Waals surface area contributed by atoms with E-state index in [0.717, 1.165) is 16.7 Å². The Bertz CT molecular complexity index is 1350. The number of ether oxygens (including phenoxy) is 1. The van der Waals surface area contributed by atoms with E-state index in [9.17, 15) is 19.5 Å². The van der Waals surface area contributed by atoms with Crippen molar-refractivity contribution in [3.8, 4) is 5.75 Å². The summed E-state index contributed by atoms with van der Waals surface area (Å²) >= 11 is 0. The van der Waals surface area contributed by atoms with E-state index in [2.05, 4.69) is 16.0 Å². The van der Waals surface area contributed by atoms with Crippen LogP contribution in [0.2, 0.25) is 0 Å². The first-order chi connectivity index (χ1) is 17.8. The Labute approximate surface area is 215 Å². The highest BCUT2D eigenvalue weighted by atomic mass is 16.5. The maximum absolute atomic E-state index is 13.7. The van der Waals surface area contributed by atoms with Gasteiger partial charge in [-0.25, -0.2) is 4.79 Å². The zero-order valence-corrected chi connectivity index (χ0v) is 20.7. The van der Waals surface area contributed by atoms with Crippen molar-refractivity contribution in [1.82, 2.24) is 5.32 Å². The normalized spacial score (nSPS) is 21.9. The van der Waals surface area contributed by atoms with Crippen molar-refractivity contribution < 1.29 is 24.2 Å². The van der Waals surface area contributed by atoms with Crippen LogP contribution >= 0.6 is 0 Å². The molecule has 1 spiro atoms. The van der Waals surface area contributed by atoms with Crippen LogP contribution in [0.1, 0.15) is 40.4 Å². The van der Waals surface area contributed by atoms with Gasteiger partial charge in [-0.1, -0.05) is 29.8 Å². The Morgan fingerprint density at radius 1 is 1.08 bits per heavy atom. The van der Waals surface area contributed by atoms with E-state index in [1.807, 2.05) is 37.3 Å². The lowest BCUT2D eigenvalue weighted by atomic mass is 9.79. The van der Waals surface area contributed by atoms with E-state index in [1.54, 1.807) is 43.3 Å². The third kappa shape index (κ3) is 4.56. The Kier molecular flexibility index (Phi) is 6.43. The largest absolute Gasteiger partial charge is 0.508 e. The second kappa shape index (κ2) is 9.71. The van der Waals surface area contributed by atoms with Gasteiger partial charge in [0.15, 0.2) is 0 Å². The maximum atomic E-state index is 13.7. The fourth-order valence-electron chi connectivity index (χ4n) is 5.36. The zero-order chi connectivity index (χ0) is 26.2. The van der Waals surface area contributed by atoms with Gasteiger partial charge in [0, 0.05) is 23.0 Å². The molecule has 8 nitrogen and oxygen atoms in total. The molecule has 190 valence electrons. The molecule has 3 atom stereocenters. The smallest absolute Gasteiger partial charge is 0.338 e. The van der Waals surface area contributed by atoms with E-state index in [1.165, 1.54) is 0 Å². The van der Waals surface area contributed by atoms with Crippen LogP contribution in [-0.2, 0) is 26.3 Å². The lowest BCUT2D eigenvalue weighted by Crippen LogP contribution is -2.52. The van der Waals surface area contributed by atoms with Gasteiger partial charge in [-0.15, -0.1) is 0 Å². The van der Waals surface area contributed by atoms with Gasteiger partial charge in [0.2, 0.25) is 11.8 Å². The number of phenols is 1. The second-order valence-corrected chi connectivity index (χ2v) is 9.60. The number of hydrogen-bond acceptors (Lipinski definition) is 6. The van der Waals surface area contributed by atoms with Crippen molar-refractivity contribution in [1.29, 1.82) is 0 Å². The molecule has 3 aromatic carbocycles. The Morgan fingerprint density at radius 3 is 2.51 bits per heavy atom. The highest BCUT2D eigenvalue weighted by Crippen LogP contribution is 2.48. The highest BCUT2D eigenvalue weighted by molar-refractivity contribution is 6.10. The van der Waals surface area contributed by atoms with Crippen LogP contribution in [-0.4, -0.2) is 35.5 Å². The lowest BCUT2D eigenvalue weighted by molar-refractivity contribution is -0.130. The zero-order valence-electron chi connectivity index (χ0n) is 20.7. The number of aromatic hydroxyl groups is 1. The molecule has 3 aromatic rings. The van der Waals surface area contributed by atoms with Gasteiger partial charge in [-0.2, -0.15) is 0 Å². The van der Waals surface area contributed by atoms with Crippen molar-refractivity contribution >= 4 is 29.2 Å². The number of anilines is 2. The predicted molar refractivity (Wildman–Crippen MR) is 139 cm³/mol. The number of amides is 2. The number of aryl methyl sites for hydroxylation is 1. The molecule has 2 aliphatic rings. The van der Waals surface area contributed by atoms with Gasteiger partial charge >= 0.3 is 5.97 Å². The molecule has 0 unspecified atom stereocenters. The summed E-state index contributed by atoms with van der Waals surface area (Å²) in [5.74, 6) is -1.45. The SMILES string of the molecule is CCOC(=O)c1ccc(NC(=O)[C@H]2C[C@H](Cc3ccc(O)cc3)N[C@]23C(=O)Nc2ccc(C)cc23)cc1. The molecule has 0 aromatic heterocycles. The van der Waals surface area contributed by atoms with Crippen LogP contribution in [0.15, 0.2) is 66.7 Å². The van der Waals surface area contributed by atoms with Crippen molar-refractivity contribution in [3.63, 3.8) is 0 Å². The first-order valence-electron chi connectivity index (χ1n) is 12.4. The number of hydrogen-bond donors (Lipinski definition) is 4. The lowest BCUT2D eigenvalue weighted by Gasteiger charge is -2.29. The van der Waals surface area contributed by atoms with Crippen LogP contribution in [0.25, 0.3) is 0 Å². The predicted octanol–water partition coefficient (Wildman–Crippen LogP) is 3.88. The molecule has 1 fully saturated rings. The molecule has 0 bridgehead atoms. The topological polar surface area (TPSA) is 117 Å². The van der Waals surface area contributed by atoms with E-state index in [4.69, 9.17) is 4.74 Å². The van der Waals surface area contributed by atoms with E-state index < -0.39 is 17.4 Å². The Hall–Kier alpha value is -4.17. The molecule has 0 saturated carbocycles. The molecule has 2 heterocycles. The molecule has 0 radical (unpaired) electrons. The van der Waals surface area contributed by atoms with Gasteiger partial charge < -0.3 is 20.5 Å². The van der Waals surface area contributed by atoms with Gasteiger partial charge in [0.1, 0.15) is 11.3 Å². The quantitative estimate of drug-likeness (QED) is 0.383. The molecular formula is C29H29N3O5. The average Bonchev–Trinajstić information content (AvgIpc) is 3.39. The molecule has 2 amide bonds. The maximum Gasteiger partial charge on any atom is 0.338 e. The summed E-state index contributed by atoms with van der Waals surface area (Å²) in [5, 5.41) is 19.1. The van der Waals surface area contributed by atoms with Crippen LogP contribution in [0.4, 0.5) is 11.4 Å². The summed E-state index contributed by atoms with van der Waals surface area (Å²) < 4.78 is 5.02. The van der Waals surface area contributed by atoms with Crippen LogP contribution in [0.5, 0.6) is 5.75 Å². The summed E-state index contributed by atoms with van der Waals surface area (Å²) in [6, 6.07) is 19.1. The monoisotopic (exact) mass is 499 g/mol. The highest BCUT2D eigenvalue weighted by Gasteiger charge is 2.60. The van der Waals surface area contributed by atoms with Crippen molar-refractivity contribution in [3.05, 3.63) is 89.0 Å². The van der Waals surface area contributed by atoms with Crippen molar-refractivity contribution in [2.45, 2.75) is 38.3 Å². The minimum Gasteiger partial charge on any atom is -0.508 e. The van der Waals surface area contributed by atoms with Gasteiger partial charge in [-0.3, -0.25) is 14.9 Å². The van der Waals surface area contributed by atoms with E-state index in [-0.39, 0.29) is 30.2 Å². The number of fused-ring (bicyclic) bond motifs is 2. The summed E-state index contributed by atoms with van der Waals surface area (Å²) in [7, 11) is 0. The van der Waals surface area contributed by atoms with E-state index >= 15 is 0 Å². The summed E-state index contributed by atoms with van der Waals surface area (Å²) in [5.41, 5.74) is 3.16. The van der Waals surface area contributed by atoms with Crippen LogP contribution in [0.3, 0.4) is 0 Å². The van der Waals surface area contributed by atoms with Gasteiger partial charge in [-0.05, 0) is 74.7 Å². The second-order valence-electron chi connectivity index (χ2n) is 9.60. The third-order valence-corrected chi connectivity index (χ3v) is 7.08. The van der Waals surface area contributed by atoms with Gasteiger partial charge in [0.25, 0.3) is 0 Å². The summed E-state index contributed by atoms with van der Waals surface area (Å²) in [4.78, 5) is 39.2. The number of carbonyl (C=O) groups excluding carboxylic acids is 3. The minimum absolute atomic E-state index is 0.149. The molecule has 2 aliphatic heterocycles. The molecule has 8 heteroatoms. The molecule has 0 aliphatic carbocycles. The summed E-state index contributed by atoms with van der Waals surface area (Å²) in [6.07, 6.45) is 1.03. The molecule has 4 N–H and O–H groups in total. The number of rotatable bonds is 6. The average molecular weight is 500 g/mol. The first-order valence-corrected chi connectivity index (χ1v) is 12.4. The van der Waals surface area contributed by atoms with Crippen molar-refractivity contribution in [2.75, 3.05) is 17.2 Å². The molecule has 37 heavy (non-hydrogen) atoms. The van der Waals surface area contributed by atoms with Gasteiger partial charge in [0.05, 0.1) is 18.1 Å². The molecule has 5 rings (SSSR count). The number of phenolic OH excluding ortho intramolecular Hbond substituents is 1. The number of benzene rings is 3. The summed E-state index contributed by atoms with van der Waals surface area (Å²) in [6.45, 7) is 3.98. The Balaban J connectivity index is 1.44. The third-order valence-electron chi connectivity index (χ3n) is 7.08. The van der Waals surface area contributed by atoms with Crippen LogP contribution < -0.4 is 16.0 Å². The standard InChI is InChI=1S/C29H29N3O5/c1-3-37-27(35)19-7-9-20(10-8-19)30-26(34)24-16-21(15-18-5-11-22(33)12-6-18)32-29(24)23-14-17(2)4-13-25(23)31-28(29)36/h4-14,21,24,32-33H,3,15-16H2,1-2H3,(H,30,34)(H,31,36)/t21-,24+,29-/m0/s1. The fraction of sp³-hybridized carbons (Fsp3) is 0.276. The Morgan fingerprint density at radius 2 is 1.81 bits per heavy atom. The first kappa shape index (κ1) is 24.5. The van der Waals surface area contributed by atoms with Crippen molar-refractivity contribution in [2.24, 2.45) is 5.92 Å². The number of esters is 1. The van der Waals surface area contributed by atoms with E-state index in [0.29, 0.717) is 29.8 Å². The molecule has 1 saturated heterocycles. The number of nitrogens with one attached hydrogen (secondary N) is 3. The molecular weight excluding hydrogens is 470 g/mol. The minimum atomic E-state index is -1.21. The number of carbonyl (C=O) groups is 3. The fourth-order valence-corrected chi connectivity index (χ4v) is 5.36. The van der Waals surface area contributed by atoms with Crippen LogP contribution in [0, 0.1) is 12.8 Å².